The first-order valence-electron chi connectivity index (χ1n) is 7.67. The number of benzene rings is 2. The standard InChI is InChI=1S/C18H21BrN2O3/c1-12(14-6-4-3-5-7-14)21-10-13-8-15(19)18(16(9-13)23-2)24-11-17(20)22/h3-9,12,21H,10-11H2,1-2H3,(H2,20,22)/p+1/t12-/m0/s1. The third kappa shape index (κ3) is 4.97. The molecule has 1 atom stereocenters. The molecule has 128 valence electrons. The second-order valence-electron chi connectivity index (χ2n) is 5.50. The quantitative estimate of drug-likeness (QED) is 0.720. The Balaban J connectivity index is 2.08. The topological polar surface area (TPSA) is 78.2 Å². The molecule has 0 aromatic heterocycles. The summed E-state index contributed by atoms with van der Waals surface area (Å²) < 4.78 is 11.5. The van der Waals surface area contributed by atoms with Gasteiger partial charge >= 0.3 is 0 Å². The Morgan fingerprint density at radius 1 is 1.29 bits per heavy atom. The number of nitrogens with two attached hydrogens (primary N) is 2. The molecule has 0 bridgehead atoms. The normalized spacial score (nSPS) is 11.8. The van der Waals surface area contributed by atoms with E-state index in [-0.39, 0.29) is 6.61 Å². The predicted molar refractivity (Wildman–Crippen MR) is 95.9 cm³/mol. The fourth-order valence-corrected chi connectivity index (χ4v) is 2.98. The highest BCUT2D eigenvalue weighted by Crippen LogP contribution is 2.36. The van der Waals surface area contributed by atoms with E-state index in [0.717, 1.165) is 16.6 Å². The Hall–Kier alpha value is -2.05. The van der Waals surface area contributed by atoms with Gasteiger partial charge in [-0.3, -0.25) is 4.79 Å². The van der Waals surface area contributed by atoms with Crippen LogP contribution >= 0.6 is 15.9 Å². The molecule has 2 aromatic carbocycles. The van der Waals surface area contributed by atoms with Crippen molar-refractivity contribution in [2.24, 2.45) is 5.73 Å². The number of hydrogen-bond donors (Lipinski definition) is 2. The summed E-state index contributed by atoms with van der Waals surface area (Å²) in [7, 11) is 1.57. The first-order chi connectivity index (χ1) is 11.5. The van der Waals surface area contributed by atoms with Crippen LogP contribution in [-0.2, 0) is 11.3 Å². The zero-order chi connectivity index (χ0) is 17.5. The molecule has 24 heavy (non-hydrogen) atoms. The minimum Gasteiger partial charge on any atom is -0.493 e. The van der Waals surface area contributed by atoms with Gasteiger partial charge in [-0.15, -0.1) is 0 Å². The van der Waals surface area contributed by atoms with Gasteiger partial charge in [0.1, 0.15) is 12.6 Å². The Morgan fingerprint density at radius 3 is 2.62 bits per heavy atom. The van der Waals surface area contributed by atoms with Crippen LogP contribution < -0.4 is 20.5 Å². The lowest BCUT2D eigenvalue weighted by molar-refractivity contribution is -0.707. The molecular formula is C18H22BrN2O3+. The maximum atomic E-state index is 10.9. The Labute approximate surface area is 150 Å². The van der Waals surface area contributed by atoms with Gasteiger partial charge in [0.05, 0.1) is 11.6 Å². The van der Waals surface area contributed by atoms with Gasteiger partial charge in [-0.05, 0) is 35.0 Å². The number of carbonyl (C=O) groups is 1. The number of hydrogen-bond acceptors (Lipinski definition) is 3. The van der Waals surface area contributed by atoms with Crippen molar-refractivity contribution in [3.63, 3.8) is 0 Å². The molecule has 0 radical (unpaired) electrons. The van der Waals surface area contributed by atoms with Crippen LogP contribution in [0.4, 0.5) is 0 Å². The Morgan fingerprint density at radius 2 is 2.00 bits per heavy atom. The van der Waals surface area contributed by atoms with E-state index in [9.17, 15) is 4.79 Å². The van der Waals surface area contributed by atoms with Crippen molar-refractivity contribution in [2.45, 2.75) is 19.5 Å². The van der Waals surface area contributed by atoms with Gasteiger partial charge < -0.3 is 20.5 Å². The van der Waals surface area contributed by atoms with E-state index >= 15 is 0 Å². The van der Waals surface area contributed by atoms with E-state index < -0.39 is 5.91 Å². The van der Waals surface area contributed by atoms with Gasteiger partial charge in [0.2, 0.25) is 0 Å². The summed E-state index contributed by atoms with van der Waals surface area (Å²) in [4.78, 5) is 10.9. The lowest BCUT2D eigenvalue weighted by Gasteiger charge is -2.15. The minimum atomic E-state index is -0.530. The summed E-state index contributed by atoms with van der Waals surface area (Å²) in [5.41, 5.74) is 7.50. The molecule has 4 N–H and O–H groups in total. The molecule has 1 amide bonds. The minimum absolute atomic E-state index is 0.189. The van der Waals surface area contributed by atoms with E-state index in [0.29, 0.717) is 17.5 Å². The van der Waals surface area contributed by atoms with Crippen LogP contribution in [0.25, 0.3) is 0 Å². The van der Waals surface area contributed by atoms with Gasteiger partial charge in [-0.2, -0.15) is 0 Å². The highest BCUT2D eigenvalue weighted by atomic mass is 79.9. The molecule has 2 aromatic rings. The molecule has 0 aliphatic carbocycles. The molecule has 5 nitrogen and oxygen atoms in total. The SMILES string of the molecule is COc1cc(C[NH2+][C@@H](C)c2ccccc2)cc(Br)c1OCC(N)=O. The first kappa shape index (κ1) is 18.3. The lowest BCUT2D eigenvalue weighted by atomic mass is 10.1. The van der Waals surface area contributed by atoms with Gasteiger partial charge in [0.15, 0.2) is 18.1 Å². The lowest BCUT2D eigenvalue weighted by Crippen LogP contribution is -2.83. The van der Waals surface area contributed by atoms with E-state index in [1.807, 2.05) is 30.3 Å². The molecule has 0 heterocycles. The van der Waals surface area contributed by atoms with Crippen LogP contribution in [0.3, 0.4) is 0 Å². The van der Waals surface area contributed by atoms with Crippen molar-refractivity contribution in [3.05, 3.63) is 58.1 Å². The van der Waals surface area contributed by atoms with Crippen LogP contribution in [0.2, 0.25) is 0 Å². The molecule has 6 heteroatoms. The molecule has 0 aliphatic heterocycles. The fourth-order valence-electron chi connectivity index (χ4n) is 2.38. The van der Waals surface area contributed by atoms with Crippen LogP contribution in [-0.4, -0.2) is 19.6 Å². The highest BCUT2D eigenvalue weighted by molar-refractivity contribution is 9.10. The van der Waals surface area contributed by atoms with Crippen molar-refractivity contribution in [3.8, 4) is 11.5 Å². The maximum absolute atomic E-state index is 10.9. The number of carbonyl (C=O) groups excluding carboxylic acids is 1. The number of primary amides is 1. The maximum Gasteiger partial charge on any atom is 0.255 e. The number of halogens is 1. The monoisotopic (exact) mass is 393 g/mol. The molecular weight excluding hydrogens is 372 g/mol. The summed E-state index contributed by atoms with van der Waals surface area (Å²) in [6, 6.07) is 14.6. The van der Waals surface area contributed by atoms with Gasteiger partial charge in [0, 0.05) is 11.1 Å². The molecule has 0 aliphatic rings. The van der Waals surface area contributed by atoms with E-state index in [4.69, 9.17) is 15.2 Å². The van der Waals surface area contributed by atoms with Gasteiger partial charge in [-0.25, -0.2) is 0 Å². The van der Waals surface area contributed by atoms with E-state index in [2.05, 4.69) is 40.3 Å². The smallest absolute Gasteiger partial charge is 0.255 e. The summed E-state index contributed by atoms with van der Waals surface area (Å²) in [5, 5.41) is 2.25. The van der Waals surface area contributed by atoms with Crippen LogP contribution in [0.5, 0.6) is 11.5 Å². The van der Waals surface area contributed by atoms with Gasteiger partial charge in [-0.1, -0.05) is 30.3 Å². The van der Waals surface area contributed by atoms with Crippen molar-refractivity contribution in [2.75, 3.05) is 13.7 Å². The molecule has 0 saturated carbocycles. The third-order valence-corrected chi connectivity index (χ3v) is 4.27. The summed E-state index contributed by atoms with van der Waals surface area (Å²) in [6.07, 6.45) is 0. The van der Waals surface area contributed by atoms with Crippen molar-refractivity contribution < 1.29 is 19.6 Å². The number of quaternary nitrogens is 1. The summed E-state index contributed by atoms with van der Waals surface area (Å²) in [6.45, 7) is 2.78. The number of amides is 1. The zero-order valence-corrected chi connectivity index (χ0v) is 15.4. The molecule has 0 spiro atoms. The Bertz CT molecular complexity index is 692. The average Bonchev–Trinajstić information content (AvgIpc) is 2.58. The largest absolute Gasteiger partial charge is 0.493 e. The van der Waals surface area contributed by atoms with Crippen LogP contribution in [0.15, 0.2) is 46.9 Å². The van der Waals surface area contributed by atoms with Crippen molar-refractivity contribution >= 4 is 21.8 Å². The number of rotatable bonds is 8. The first-order valence-corrected chi connectivity index (χ1v) is 8.46. The average molecular weight is 394 g/mol. The number of methoxy groups -OCH3 is 1. The highest BCUT2D eigenvalue weighted by Gasteiger charge is 2.15. The number of ether oxygens (including phenoxy) is 2. The van der Waals surface area contributed by atoms with E-state index in [1.165, 1.54) is 5.56 Å². The third-order valence-electron chi connectivity index (χ3n) is 3.68. The second kappa shape index (κ2) is 8.70. The predicted octanol–water partition coefficient (Wildman–Crippen LogP) is 2.15. The second-order valence-corrected chi connectivity index (χ2v) is 6.36. The van der Waals surface area contributed by atoms with Crippen molar-refractivity contribution in [1.29, 1.82) is 0 Å². The molecule has 2 rings (SSSR count). The molecule has 0 unspecified atom stereocenters. The zero-order valence-electron chi connectivity index (χ0n) is 13.8. The van der Waals surface area contributed by atoms with Gasteiger partial charge in [0.25, 0.3) is 5.91 Å². The van der Waals surface area contributed by atoms with Crippen LogP contribution in [0, 0.1) is 0 Å². The molecule has 0 fully saturated rings. The Kier molecular flexibility index (Phi) is 6.63. The fraction of sp³-hybridized carbons (Fsp3) is 0.278. The van der Waals surface area contributed by atoms with Crippen molar-refractivity contribution in [1.82, 2.24) is 0 Å². The summed E-state index contributed by atoms with van der Waals surface area (Å²) >= 11 is 3.47. The molecule has 0 saturated heterocycles. The van der Waals surface area contributed by atoms with E-state index in [1.54, 1.807) is 7.11 Å². The van der Waals surface area contributed by atoms with Crippen LogP contribution in [0.1, 0.15) is 24.1 Å². The summed E-state index contributed by atoms with van der Waals surface area (Å²) in [5.74, 6) is 0.524.